The highest BCUT2D eigenvalue weighted by atomic mass is 32.1. The van der Waals surface area contributed by atoms with Gasteiger partial charge in [-0.15, -0.1) is 11.3 Å². The molecule has 5 heteroatoms. The predicted molar refractivity (Wildman–Crippen MR) is 67.3 cm³/mol. The molecule has 0 bridgehead atoms. The van der Waals surface area contributed by atoms with Gasteiger partial charge in [0.05, 0.1) is 16.5 Å². The normalized spacial score (nSPS) is 12.6. The van der Waals surface area contributed by atoms with Gasteiger partial charge in [0.1, 0.15) is 0 Å². The van der Waals surface area contributed by atoms with Gasteiger partial charge in [0.25, 0.3) is 0 Å². The summed E-state index contributed by atoms with van der Waals surface area (Å²) in [5, 5.41) is 13.2. The molecule has 0 amide bonds. The molecule has 0 spiro atoms. The molecule has 1 atom stereocenters. The Hall–Kier alpha value is -1.62. The lowest BCUT2D eigenvalue weighted by molar-refractivity contribution is -0.138. The molecule has 0 aliphatic carbocycles. The summed E-state index contributed by atoms with van der Waals surface area (Å²) in [6.45, 7) is 4.55. The van der Waals surface area contributed by atoms with Gasteiger partial charge in [0, 0.05) is 17.6 Å². The molecule has 2 heterocycles. The Morgan fingerprint density at radius 2 is 2.29 bits per heavy atom. The first-order valence-corrected chi connectivity index (χ1v) is 6.30. The van der Waals surface area contributed by atoms with Crippen LogP contribution in [-0.4, -0.2) is 20.9 Å². The highest BCUT2D eigenvalue weighted by Gasteiger charge is 2.17. The second-order valence-corrected chi connectivity index (χ2v) is 4.91. The molecule has 2 aromatic heterocycles. The smallest absolute Gasteiger partial charge is 0.311 e. The van der Waals surface area contributed by atoms with Crippen molar-refractivity contribution in [1.29, 1.82) is 0 Å². The number of rotatable bonds is 4. The minimum atomic E-state index is -0.789. The van der Waals surface area contributed by atoms with Crippen LogP contribution in [0.5, 0.6) is 0 Å². The number of hydrogen-bond acceptors (Lipinski definition) is 3. The molecule has 1 unspecified atom stereocenters. The number of carboxylic acid groups (broad SMARTS) is 1. The average molecular weight is 250 g/mol. The van der Waals surface area contributed by atoms with E-state index in [2.05, 4.69) is 5.10 Å². The summed E-state index contributed by atoms with van der Waals surface area (Å²) in [6, 6.07) is 5.79. The topological polar surface area (TPSA) is 55.1 Å². The Morgan fingerprint density at radius 3 is 2.94 bits per heavy atom. The van der Waals surface area contributed by atoms with Crippen molar-refractivity contribution in [3.8, 4) is 10.6 Å². The van der Waals surface area contributed by atoms with Crippen molar-refractivity contribution in [2.24, 2.45) is 0 Å². The van der Waals surface area contributed by atoms with Gasteiger partial charge in [-0.05, 0) is 32.0 Å². The van der Waals surface area contributed by atoms with Crippen LogP contribution < -0.4 is 0 Å². The molecule has 0 saturated carbocycles. The van der Waals surface area contributed by atoms with Gasteiger partial charge in [-0.2, -0.15) is 5.10 Å². The number of aryl methyl sites for hydroxylation is 1. The van der Waals surface area contributed by atoms with Crippen molar-refractivity contribution in [2.75, 3.05) is 0 Å². The SMILES string of the molecule is CCn1nccc1-c1ccc(C(C)C(=O)O)s1. The Bertz CT molecular complexity index is 530. The van der Waals surface area contributed by atoms with Crippen LogP contribution in [0.1, 0.15) is 24.6 Å². The Morgan fingerprint density at radius 1 is 1.53 bits per heavy atom. The second-order valence-electron chi connectivity index (χ2n) is 3.79. The van der Waals surface area contributed by atoms with Crippen LogP contribution in [0, 0.1) is 0 Å². The predicted octanol–water partition coefficient (Wildman–Crippen LogP) is 2.82. The Labute approximate surface area is 104 Å². The van der Waals surface area contributed by atoms with Gasteiger partial charge in [-0.3, -0.25) is 9.48 Å². The average Bonchev–Trinajstić information content (AvgIpc) is 2.95. The number of carbonyl (C=O) groups is 1. The molecule has 90 valence electrons. The number of aromatic nitrogens is 2. The van der Waals surface area contributed by atoms with Crippen molar-refractivity contribution < 1.29 is 9.90 Å². The largest absolute Gasteiger partial charge is 0.481 e. The maximum absolute atomic E-state index is 10.9. The van der Waals surface area contributed by atoms with Crippen LogP contribution in [0.2, 0.25) is 0 Å². The first-order valence-electron chi connectivity index (χ1n) is 5.48. The van der Waals surface area contributed by atoms with Gasteiger partial charge < -0.3 is 5.11 Å². The zero-order chi connectivity index (χ0) is 12.4. The molecule has 0 saturated heterocycles. The number of carboxylic acids is 1. The van der Waals surface area contributed by atoms with Crippen molar-refractivity contribution in [3.05, 3.63) is 29.3 Å². The minimum absolute atomic E-state index is 0.452. The number of hydrogen-bond donors (Lipinski definition) is 1. The zero-order valence-corrected chi connectivity index (χ0v) is 10.6. The molecule has 0 aromatic carbocycles. The quantitative estimate of drug-likeness (QED) is 0.907. The fourth-order valence-corrected chi connectivity index (χ4v) is 2.72. The van der Waals surface area contributed by atoms with Gasteiger partial charge in [0.15, 0.2) is 0 Å². The summed E-state index contributed by atoms with van der Waals surface area (Å²) in [6.07, 6.45) is 1.76. The highest BCUT2D eigenvalue weighted by molar-refractivity contribution is 7.15. The molecule has 0 aliphatic heterocycles. The van der Waals surface area contributed by atoms with E-state index >= 15 is 0 Å². The summed E-state index contributed by atoms with van der Waals surface area (Å²) in [5.74, 6) is -1.24. The summed E-state index contributed by atoms with van der Waals surface area (Å²) in [7, 11) is 0. The van der Waals surface area contributed by atoms with Crippen LogP contribution in [-0.2, 0) is 11.3 Å². The zero-order valence-electron chi connectivity index (χ0n) is 9.75. The third-order valence-corrected chi connectivity index (χ3v) is 3.98. The van der Waals surface area contributed by atoms with Crippen molar-refractivity contribution in [2.45, 2.75) is 26.3 Å². The van der Waals surface area contributed by atoms with E-state index in [1.807, 2.05) is 29.8 Å². The molecular formula is C12H14N2O2S. The van der Waals surface area contributed by atoms with Crippen molar-refractivity contribution in [1.82, 2.24) is 9.78 Å². The lowest BCUT2D eigenvalue weighted by atomic mass is 10.1. The Kier molecular flexibility index (Phi) is 3.28. The first-order chi connectivity index (χ1) is 8.13. The molecule has 17 heavy (non-hydrogen) atoms. The monoisotopic (exact) mass is 250 g/mol. The minimum Gasteiger partial charge on any atom is -0.481 e. The molecular weight excluding hydrogens is 236 g/mol. The van der Waals surface area contributed by atoms with Crippen molar-refractivity contribution in [3.63, 3.8) is 0 Å². The summed E-state index contributed by atoms with van der Waals surface area (Å²) < 4.78 is 1.90. The molecule has 0 aliphatic rings. The molecule has 4 nitrogen and oxygen atoms in total. The number of aliphatic carboxylic acids is 1. The molecule has 0 radical (unpaired) electrons. The van der Waals surface area contributed by atoms with E-state index in [1.54, 1.807) is 13.1 Å². The third kappa shape index (κ3) is 2.24. The van der Waals surface area contributed by atoms with E-state index in [9.17, 15) is 4.79 Å². The standard InChI is InChI=1S/C12H14N2O2S/c1-3-14-9(6-7-13-14)11-5-4-10(17-11)8(2)12(15)16/h4-8H,3H2,1-2H3,(H,15,16). The van der Waals surface area contributed by atoms with Crippen LogP contribution >= 0.6 is 11.3 Å². The first kappa shape index (κ1) is 11.9. The van der Waals surface area contributed by atoms with Crippen LogP contribution in [0.15, 0.2) is 24.4 Å². The summed E-state index contributed by atoms with van der Waals surface area (Å²) in [5.41, 5.74) is 1.04. The number of nitrogens with zero attached hydrogens (tertiary/aromatic N) is 2. The maximum atomic E-state index is 10.9. The van der Waals surface area contributed by atoms with Gasteiger partial charge in [0.2, 0.25) is 0 Å². The van der Waals surface area contributed by atoms with E-state index in [0.717, 1.165) is 22.0 Å². The second kappa shape index (κ2) is 4.71. The number of thiophene rings is 1. The van der Waals surface area contributed by atoms with E-state index in [0.29, 0.717) is 0 Å². The van der Waals surface area contributed by atoms with Crippen LogP contribution in [0.25, 0.3) is 10.6 Å². The van der Waals surface area contributed by atoms with E-state index in [1.165, 1.54) is 11.3 Å². The lowest BCUT2D eigenvalue weighted by Gasteiger charge is -2.02. The van der Waals surface area contributed by atoms with E-state index < -0.39 is 11.9 Å². The molecule has 0 fully saturated rings. The van der Waals surface area contributed by atoms with Crippen LogP contribution in [0.3, 0.4) is 0 Å². The highest BCUT2D eigenvalue weighted by Crippen LogP contribution is 2.32. The Balaban J connectivity index is 2.33. The summed E-state index contributed by atoms with van der Waals surface area (Å²) in [4.78, 5) is 12.8. The van der Waals surface area contributed by atoms with Gasteiger partial charge in [-0.1, -0.05) is 0 Å². The van der Waals surface area contributed by atoms with Crippen molar-refractivity contribution >= 4 is 17.3 Å². The summed E-state index contributed by atoms with van der Waals surface area (Å²) >= 11 is 1.51. The fourth-order valence-electron chi connectivity index (χ4n) is 1.64. The fraction of sp³-hybridized carbons (Fsp3) is 0.333. The molecule has 2 aromatic rings. The molecule has 2 rings (SSSR count). The lowest BCUT2D eigenvalue weighted by Crippen LogP contribution is -2.05. The third-order valence-electron chi connectivity index (χ3n) is 2.69. The van der Waals surface area contributed by atoms with E-state index in [-0.39, 0.29) is 0 Å². The van der Waals surface area contributed by atoms with E-state index in [4.69, 9.17) is 5.11 Å². The maximum Gasteiger partial charge on any atom is 0.311 e. The van der Waals surface area contributed by atoms with Gasteiger partial charge in [-0.25, -0.2) is 0 Å². The van der Waals surface area contributed by atoms with Gasteiger partial charge >= 0.3 is 5.97 Å². The van der Waals surface area contributed by atoms with Crippen LogP contribution in [0.4, 0.5) is 0 Å². The molecule has 1 N–H and O–H groups in total.